The fourth-order valence-corrected chi connectivity index (χ4v) is 2.80. The molecule has 2 aromatic rings. The van der Waals surface area contributed by atoms with Gasteiger partial charge in [-0.1, -0.05) is 48.5 Å². The summed E-state index contributed by atoms with van der Waals surface area (Å²) < 4.78 is 37.9. The van der Waals surface area contributed by atoms with Crippen LogP contribution in [0.1, 0.15) is 42.5 Å². The second-order valence-corrected chi connectivity index (χ2v) is 6.64. The van der Waals surface area contributed by atoms with E-state index in [-0.39, 0.29) is 12.0 Å². The van der Waals surface area contributed by atoms with E-state index in [4.69, 9.17) is 0 Å². The van der Waals surface area contributed by atoms with E-state index in [0.29, 0.717) is 18.4 Å². The number of benzene rings is 2. The Morgan fingerprint density at radius 1 is 1.07 bits per heavy atom. The molecule has 2 N–H and O–H groups in total. The van der Waals surface area contributed by atoms with Crippen LogP contribution in [0, 0.1) is 0 Å². The predicted octanol–water partition coefficient (Wildman–Crippen LogP) is 4.92. The van der Waals surface area contributed by atoms with Gasteiger partial charge in [-0.15, -0.1) is 0 Å². The normalized spacial score (nSPS) is 13.0. The maximum absolute atomic E-state index is 12.6. The Morgan fingerprint density at radius 2 is 1.69 bits per heavy atom. The maximum Gasteiger partial charge on any atom is 0.416 e. The van der Waals surface area contributed by atoms with Crippen LogP contribution in [0.3, 0.4) is 0 Å². The van der Waals surface area contributed by atoms with Gasteiger partial charge in [0.15, 0.2) is 0 Å². The number of halogens is 3. The average Bonchev–Trinajstić information content (AvgIpc) is 2.67. The van der Waals surface area contributed by atoms with Crippen LogP contribution >= 0.6 is 0 Å². The first-order valence-corrected chi connectivity index (χ1v) is 9.09. The molecule has 154 valence electrons. The Morgan fingerprint density at radius 3 is 2.24 bits per heavy atom. The van der Waals surface area contributed by atoms with Crippen molar-refractivity contribution >= 4 is 11.9 Å². The molecule has 0 fully saturated rings. The van der Waals surface area contributed by atoms with Crippen molar-refractivity contribution in [2.75, 3.05) is 0 Å². The van der Waals surface area contributed by atoms with Crippen LogP contribution in [0.4, 0.5) is 13.2 Å². The van der Waals surface area contributed by atoms with Gasteiger partial charge in [0.05, 0.1) is 18.0 Å². The molecule has 0 unspecified atom stereocenters. The molecule has 2 aromatic carbocycles. The van der Waals surface area contributed by atoms with E-state index in [0.717, 1.165) is 17.7 Å². The fraction of sp³-hybridized carbons (Fsp3) is 0.273. The van der Waals surface area contributed by atoms with Crippen molar-refractivity contribution in [3.05, 3.63) is 82.9 Å². The third-order valence-corrected chi connectivity index (χ3v) is 4.41. The lowest BCUT2D eigenvalue weighted by molar-refractivity contribution is -0.137. The molecule has 0 spiro atoms. The molecule has 0 heterocycles. The molecule has 0 saturated heterocycles. The molecular formula is C22H22F3NO3. The number of hydrogen-bond acceptors (Lipinski definition) is 2. The lowest BCUT2D eigenvalue weighted by Crippen LogP contribution is -2.27. The summed E-state index contributed by atoms with van der Waals surface area (Å²) in [6.07, 6.45) is -2.08. The minimum absolute atomic E-state index is 0.0157. The Balaban J connectivity index is 1.93. The van der Waals surface area contributed by atoms with Gasteiger partial charge in [0, 0.05) is 5.57 Å². The maximum atomic E-state index is 12.6. The van der Waals surface area contributed by atoms with Gasteiger partial charge in [0.25, 0.3) is 0 Å². The standard InChI is InChI=1S/C22H22F3NO3/c1-15(17-10-12-19(13-11-17)22(23,24)25)26-20(27)14-18(21(28)29)9-5-8-16-6-3-2-4-7-16/h2-4,6-7,9-13,15H,5,8,14H2,1H3,(H,26,27)(H,28,29)/b18-9+/t15-/m0/s1. The molecule has 4 nitrogen and oxygen atoms in total. The van der Waals surface area contributed by atoms with Crippen LogP contribution in [0.25, 0.3) is 0 Å². The van der Waals surface area contributed by atoms with Crippen molar-refractivity contribution < 1.29 is 27.9 Å². The second kappa shape index (κ2) is 9.91. The molecule has 0 aromatic heterocycles. The van der Waals surface area contributed by atoms with E-state index >= 15 is 0 Å². The van der Waals surface area contributed by atoms with Gasteiger partial charge in [-0.3, -0.25) is 4.79 Å². The van der Waals surface area contributed by atoms with Crippen LogP contribution in [-0.2, 0) is 22.2 Å². The lowest BCUT2D eigenvalue weighted by atomic mass is 10.0. The van der Waals surface area contributed by atoms with E-state index in [1.807, 2.05) is 30.3 Å². The number of hydrogen-bond donors (Lipinski definition) is 2. The topological polar surface area (TPSA) is 66.4 Å². The van der Waals surface area contributed by atoms with Crippen molar-refractivity contribution in [2.45, 2.75) is 38.4 Å². The number of aryl methyl sites for hydroxylation is 1. The van der Waals surface area contributed by atoms with Gasteiger partial charge >= 0.3 is 12.1 Å². The van der Waals surface area contributed by atoms with E-state index in [9.17, 15) is 27.9 Å². The van der Waals surface area contributed by atoms with E-state index in [1.165, 1.54) is 18.2 Å². The molecule has 2 rings (SSSR count). The Labute approximate surface area is 167 Å². The summed E-state index contributed by atoms with van der Waals surface area (Å²) in [5, 5.41) is 11.9. The van der Waals surface area contributed by atoms with Crippen LogP contribution in [-0.4, -0.2) is 17.0 Å². The highest BCUT2D eigenvalue weighted by molar-refractivity contribution is 5.94. The average molecular weight is 405 g/mol. The third kappa shape index (κ3) is 7.10. The lowest BCUT2D eigenvalue weighted by Gasteiger charge is -2.15. The van der Waals surface area contributed by atoms with Crippen LogP contribution < -0.4 is 5.32 Å². The summed E-state index contributed by atoms with van der Waals surface area (Å²) in [7, 11) is 0. The monoisotopic (exact) mass is 405 g/mol. The summed E-state index contributed by atoms with van der Waals surface area (Å²) >= 11 is 0. The highest BCUT2D eigenvalue weighted by Gasteiger charge is 2.30. The van der Waals surface area contributed by atoms with Gasteiger partial charge in [0.1, 0.15) is 0 Å². The Kier molecular flexibility index (Phi) is 7.59. The zero-order valence-corrected chi connectivity index (χ0v) is 15.9. The molecule has 0 aliphatic heterocycles. The summed E-state index contributed by atoms with van der Waals surface area (Å²) in [5.74, 6) is -1.68. The second-order valence-electron chi connectivity index (χ2n) is 6.64. The molecule has 1 amide bonds. The number of nitrogens with one attached hydrogen (secondary N) is 1. The molecule has 0 bridgehead atoms. The van der Waals surface area contributed by atoms with Gasteiger partial charge in [0.2, 0.25) is 5.91 Å². The molecule has 1 atom stereocenters. The number of amides is 1. The highest BCUT2D eigenvalue weighted by Crippen LogP contribution is 2.29. The van der Waals surface area contributed by atoms with E-state index in [1.54, 1.807) is 6.92 Å². The SMILES string of the molecule is C[C@H](NC(=O)C/C(=C\CCc1ccccc1)C(=O)O)c1ccc(C(F)(F)F)cc1. The molecule has 0 saturated carbocycles. The van der Waals surface area contributed by atoms with Gasteiger partial charge in [-0.2, -0.15) is 13.2 Å². The number of carbonyl (C=O) groups excluding carboxylic acids is 1. The summed E-state index contributed by atoms with van der Waals surface area (Å²) in [6.45, 7) is 1.63. The molecular weight excluding hydrogens is 383 g/mol. The van der Waals surface area contributed by atoms with Crippen molar-refractivity contribution in [3.63, 3.8) is 0 Å². The first-order valence-electron chi connectivity index (χ1n) is 9.09. The molecule has 0 radical (unpaired) electrons. The first kappa shape index (κ1) is 22.2. The minimum Gasteiger partial charge on any atom is -0.478 e. The third-order valence-electron chi connectivity index (χ3n) is 4.41. The number of carboxylic acid groups (broad SMARTS) is 1. The summed E-state index contributed by atoms with van der Waals surface area (Å²) in [4.78, 5) is 23.6. The molecule has 0 aliphatic rings. The number of carboxylic acids is 1. The number of allylic oxidation sites excluding steroid dienone is 1. The quantitative estimate of drug-likeness (QED) is 0.613. The first-order chi connectivity index (χ1) is 13.7. The van der Waals surface area contributed by atoms with Crippen molar-refractivity contribution in [2.24, 2.45) is 0 Å². The number of alkyl halides is 3. The largest absolute Gasteiger partial charge is 0.478 e. The molecule has 29 heavy (non-hydrogen) atoms. The smallest absolute Gasteiger partial charge is 0.416 e. The van der Waals surface area contributed by atoms with Crippen LogP contribution in [0.2, 0.25) is 0 Å². The minimum atomic E-state index is -4.42. The highest BCUT2D eigenvalue weighted by atomic mass is 19.4. The van der Waals surface area contributed by atoms with Crippen LogP contribution in [0.5, 0.6) is 0 Å². The summed E-state index contributed by atoms with van der Waals surface area (Å²) in [5.41, 5.74) is 0.775. The van der Waals surface area contributed by atoms with Crippen molar-refractivity contribution in [1.29, 1.82) is 0 Å². The van der Waals surface area contributed by atoms with Gasteiger partial charge in [-0.05, 0) is 43.0 Å². The van der Waals surface area contributed by atoms with Crippen LogP contribution in [0.15, 0.2) is 66.2 Å². The molecule has 0 aliphatic carbocycles. The zero-order valence-electron chi connectivity index (χ0n) is 15.9. The van der Waals surface area contributed by atoms with Crippen molar-refractivity contribution in [3.8, 4) is 0 Å². The van der Waals surface area contributed by atoms with Crippen molar-refractivity contribution in [1.82, 2.24) is 5.32 Å². The predicted molar refractivity (Wildman–Crippen MR) is 103 cm³/mol. The number of carbonyl (C=O) groups is 2. The fourth-order valence-electron chi connectivity index (χ4n) is 2.80. The Hall–Kier alpha value is -3.09. The van der Waals surface area contributed by atoms with Gasteiger partial charge in [-0.25, -0.2) is 4.79 Å². The van der Waals surface area contributed by atoms with E-state index < -0.39 is 29.7 Å². The summed E-state index contributed by atoms with van der Waals surface area (Å²) in [6, 6.07) is 13.5. The number of rotatable bonds is 8. The molecule has 7 heteroatoms. The zero-order chi connectivity index (χ0) is 21.4. The van der Waals surface area contributed by atoms with Gasteiger partial charge < -0.3 is 10.4 Å². The Bertz CT molecular complexity index is 859. The number of aliphatic carboxylic acids is 1. The van der Waals surface area contributed by atoms with E-state index in [2.05, 4.69) is 5.32 Å².